The zero-order valence-electron chi connectivity index (χ0n) is 13.6. The summed E-state index contributed by atoms with van der Waals surface area (Å²) in [7, 11) is 1.70. The first kappa shape index (κ1) is 18.0. The molecule has 0 aliphatic heterocycles. The molecule has 1 unspecified atom stereocenters. The predicted octanol–water partition coefficient (Wildman–Crippen LogP) is 3.18. The molecule has 0 fully saturated rings. The van der Waals surface area contributed by atoms with Gasteiger partial charge in [0.2, 0.25) is 0 Å². The second-order valence-corrected chi connectivity index (χ2v) is 4.94. The van der Waals surface area contributed by atoms with E-state index in [9.17, 15) is 0 Å². The van der Waals surface area contributed by atoms with E-state index in [1.165, 1.54) is 0 Å². The van der Waals surface area contributed by atoms with E-state index >= 15 is 0 Å². The van der Waals surface area contributed by atoms with Crippen molar-refractivity contribution in [2.24, 2.45) is 0 Å². The minimum absolute atomic E-state index is 0.146. The summed E-state index contributed by atoms with van der Waals surface area (Å²) in [4.78, 5) is 0. The summed E-state index contributed by atoms with van der Waals surface area (Å²) in [6.45, 7) is 7.92. The number of rotatable bonds is 12. The van der Waals surface area contributed by atoms with Gasteiger partial charge in [0.1, 0.15) is 5.75 Å². The first-order chi connectivity index (χ1) is 10.3. The van der Waals surface area contributed by atoms with Crippen LogP contribution in [0, 0.1) is 0 Å². The zero-order valence-corrected chi connectivity index (χ0v) is 13.6. The smallest absolute Gasteiger partial charge is 0.123 e. The lowest BCUT2D eigenvalue weighted by Crippen LogP contribution is -2.27. The standard InChI is InChI=1S/C17H29NO3/c1-4-10-18-16(14-21-13-12-20-11-5-2)15-8-6-7-9-17(15)19-3/h6-9,16,18H,4-5,10-14H2,1-3H3. The molecule has 0 spiro atoms. The van der Waals surface area contributed by atoms with Gasteiger partial charge < -0.3 is 19.5 Å². The van der Waals surface area contributed by atoms with Crippen LogP contribution in [-0.2, 0) is 9.47 Å². The van der Waals surface area contributed by atoms with Crippen molar-refractivity contribution in [1.29, 1.82) is 0 Å². The summed E-state index contributed by atoms with van der Waals surface area (Å²) in [6, 6.07) is 8.23. The van der Waals surface area contributed by atoms with E-state index in [0.29, 0.717) is 19.8 Å². The molecule has 0 aliphatic carbocycles. The summed E-state index contributed by atoms with van der Waals surface area (Å²) in [5.41, 5.74) is 1.14. The summed E-state index contributed by atoms with van der Waals surface area (Å²) in [5, 5.41) is 3.52. The Labute approximate surface area is 128 Å². The molecular formula is C17H29NO3. The van der Waals surface area contributed by atoms with Gasteiger partial charge >= 0.3 is 0 Å². The number of para-hydroxylation sites is 1. The molecule has 0 saturated carbocycles. The molecule has 0 aromatic heterocycles. The largest absolute Gasteiger partial charge is 0.496 e. The lowest BCUT2D eigenvalue weighted by atomic mass is 10.1. The molecule has 4 heteroatoms. The molecule has 21 heavy (non-hydrogen) atoms. The van der Waals surface area contributed by atoms with Crippen LogP contribution < -0.4 is 10.1 Å². The van der Waals surface area contributed by atoms with Gasteiger partial charge in [0.25, 0.3) is 0 Å². The first-order valence-corrected chi connectivity index (χ1v) is 7.85. The molecular weight excluding hydrogens is 266 g/mol. The third-order valence-electron chi connectivity index (χ3n) is 3.16. The third kappa shape index (κ3) is 6.93. The lowest BCUT2D eigenvalue weighted by Gasteiger charge is -2.21. The van der Waals surface area contributed by atoms with Crippen LogP contribution in [0.1, 0.15) is 38.3 Å². The molecule has 0 radical (unpaired) electrons. The highest BCUT2D eigenvalue weighted by molar-refractivity contribution is 5.35. The molecule has 0 amide bonds. The minimum atomic E-state index is 0.146. The third-order valence-corrected chi connectivity index (χ3v) is 3.16. The highest BCUT2D eigenvalue weighted by Crippen LogP contribution is 2.25. The van der Waals surface area contributed by atoms with Crippen molar-refractivity contribution >= 4 is 0 Å². The van der Waals surface area contributed by atoms with E-state index in [4.69, 9.17) is 14.2 Å². The van der Waals surface area contributed by atoms with E-state index in [-0.39, 0.29) is 6.04 Å². The maximum absolute atomic E-state index is 5.75. The number of nitrogens with one attached hydrogen (secondary N) is 1. The molecule has 1 aromatic carbocycles. The van der Waals surface area contributed by atoms with Crippen LogP contribution in [-0.4, -0.2) is 40.1 Å². The molecule has 0 heterocycles. The highest BCUT2D eigenvalue weighted by Gasteiger charge is 2.15. The first-order valence-electron chi connectivity index (χ1n) is 7.85. The second-order valence-electron chi connectivity index (χ2n) is 4.94. The van der Waals surface area contributed by atoms with Crippen molar-refractivity contribution in [2.45, 2.75) is 32.7 Å². The Morgan fingerprint density at radius 1 is 1.00 bits per heavy atom. The minimum Gasteiger partial charge on any atom is -0.496 e. The van der Waals surface area contributed by atoms with Crippen LogP contribution in [0.25, 0.3) is 0 Å². The van der Waals surface area contributed by atoms with Gasteiger partial charge in [0, 0.05) is 12.2 Å². The average Bonchev–Trinajstić information content (AvgIpc) is 2.53. The molecule has 1 N–H and O–H groups in total. The normalized spacial score (nSPS) is 12.3. The van der Waals surface area contributed by atoms with Gasteiger partial charge in [0.15, 0.2) is 0 Å². The summed E-state index contributed by atoms with van der Waals surface area (Å²) in [6.07, 6.45) is 2.13. The molecule has 1 atom stereocenters. The molecule has 120 valence electrons. The maximum atomic E-state index is 5.75. The van der Waals surface area contributed by atoms with Gasteiger partial charge in [-0.15, -0.1) is 0 Å². The van der Waals surface area contributed by atoms with Crippen molar-refractivity contribution in [2.75, 3.05) is 40.1 Å². The molecule has 0 aliphatic rings. The van der Waals surface area contributed by atoms with Gasteiger partial charge in [-0.1, -0.05) is 32.0 Å². The molecule has 4 nitrogen and oxygen atoms in total. The van der Waals surface area contributed by atoms with Crippen molar-refractivity contribution < 1.29 is 14.2 Å². The number of methoxy groups -OCH3 is 1. The Balaban J connectivity index is 2.51. The van der Waals surface area contributed by atoms with Crippen molar-refractivity contribution in [3.8, 4) is 5.75 Å². The number of hydrogen-bond donors (Lipinski definition) is 1. The van der Waals surface area contributed by atoms with Crippen LogP contribution in [0.5, 0.6) is 5.75 Å². The van der Waals surface area contributed by atoms with Crippen LogP contribution in [0.4, 0.5) is 0 Å². The Bertz CT molecular complexity index is 371. The SMILES string of the molecule is CCCNC(COCCOCCC)c1ccccc1OC. The lowest BCUT2D eigenvalue weighted by molar-refractivity contribution is 0.0389. The van der Waals surface area contributed by atoms with E-state index < -0.39 is 0 Å². The fourth-order valence-corrected chi connectivity index (χ4v) is 2.10. The van der Waals surface area contributed by atoms with Gasteiger partial charge in [-0.3, -0.25) is 0 Å². The van der Waals surface area contributed by atoms with Gasteiger partial charge in [0.05, 0.1) is 33.0 Å². The predicted molar refractivity (Wildman–Crippen MR) is 86.0 cm³/mol. The zero-order chi connectivity index (χ0) is 15.3. The Hall–Kier alpha value is -1.10. The van der Waals surface area contributed by atoms with E-state index in [1.807, 2.05) is 18.2 Å². The summed E-state index contributed by atoms with van der Waals surface area (Å²) < 4.78 is 16.6. The molecule has 1 rings (SSSR count). The maximum Gasteiger partial charge on any atom is 0.123 e. The van der Waals surface area contributed by atoms with Gasteiger partial charge in [-0.05, 0) is 25.5 Å². The van der Waals surface area contributed by atoms with Crippen molar-refractivity contribution in [3.63, 3.8) is 0 Å². The second kappa shape index (κ2) is 11.5. The van der Waals surface area contributed by atoms with Crippen molar-refractivity contribution in [3.05, 3.63) is 29.8 Å². The molecule has 1 aromatic rings. The quantitative estimate of drug-likeness (QED) is 0.601. The topological polar surface area (TPSA) is 39.7 Å². The monoisotopic (exact) mass is 295 g/mol. The Kier molecular flexibility index (Phi) is 9.87. The highest BCUT2D eigenvalue weighted by atomic mass is 16.5. The van der Waals surface area contributed by atoms with Crippen LogP contribution in [0.2, 0.25) is 0 Å². The van der Waals surface area contributed by atoms with Crippen LogP contribution in [0.3, 0.4) is 0 Å². The number of hydrogen-bond acceptors (Lipinski definition) is 4. The Morgan fingerprint density at radius 3 is 2.48 bits per heavy atom. The van der Waals surface area contributed by atoms with E-state index in [2.05, 4.69) is 25.2 Å². The van der Waals surface area contributed by atoms with E-state index in [0.717, 1.165) is 37.3 Å². The molecule has 0 saturated heterocycles. The fourth-order valence-electron chi connectivity index (χ4n) is 2.10. The average molecular weight is 295 g/mol. The Morgan fingerprint density at radius 2 is 1.76 bits per heavy atom. The summed E-state index contributed by atoms with van der Waals surface area (Å²) >= 11 is 0. The number of benzene rings is 1. The van der Waals surface area contributed by atoms with Crippen LogP contribution >= 0.6 is 0 Å². The fraction of sp³-hybridized carbons (Fsp3) is 0.647. The van der Waals surface area contributed by atoms with E-state index in [1.54, 1.807) is 7.11 Å². The summed E-state index contributed by atoms with van der Waals surface area (Å²) in [5.74, 6) is 0.900. The van der Waals surface area contributed by atoms with Gasteiger partial charge in [-0.25, -0.2) is 0 Å². The van der Waals surface area contributed by atoms with Gasteiger partial charge in [-0.2, -0.15) is 0 Å². The van der Waals surface area contributed by atoms with Crippen LogP contribution in [0.15, 0.2) is 24.3 Å². The molecule has 0 bridgehead atoms. The number of ether oxygens (including phenoxy) is 3. The van der Waals surface area contributed by atoms with Crippen molar-refractivity contribution in [1.82, 2.24) is 5.32 Å².